The topological polar surface area (TPSA) is 55.9 Å². The van der Waals surface area contributed by atoms with Crippen LogP contribution in [0.3, 0.4) is 0 Å². The van der Waals surface area contributed by atoms with E-state index in [1.165, 1.54) is 11.1 Å². The predicted octanol–water partition coefficient (Wildman–Crippen LogP) is 1.10. The lowest BCUT2D eigenvalue weighted by Crippen LogP contribution is -2.52. The molecule has 0 radical (unpaired) electrons. The Morgan fingerprint density at radius 2 is 1.92 bits per heavy atom. The summed E-state index contributed by atoms with van der Waals surface area (Å²) in [6, 6.07) is 8.27. The molecule has 1 saturated heterocycles. The van der Waals surface area contributed by atoms with E-state index in [0.717, 1.165) is 32.7 Å². The number of rotatable bonds is 7. The average molecular weight is 361 g/mol. The third kappa shape index (κ3) is 5.81. The summed E-state index contributed by atoms with van der Waals surface area (Å²) in [6.07, 6.45) is 0. The van der Waals surface area contributed by atoms with E-state index in [0.29, 0.717) is 6.54 Å². The first-order chi connectivity index (χ1) is 12.4. The predicted molar refractivity (Wildman–Crippen MR) is 104 cm³/mol. The van der Waals surface area contributed by atoms with E-state index in [2.05, 4.69) is 41.4 Å². The molecule has 0 bridgehead atoms. The Morgan fingerprint density at radius 1 is 1.23 bits per heavy atom. The van der Waals surface area contributed by atoms with Gasteiger partial charge in [-0.2, -0.15) is 0 Å². The van der Waals surface area contributed by atoms with E-state index in [1.54, 1.807) is 0 Å². The molecule has 1 heterocycles. The van der Waals surface area contributed by atoms with E-state index in [-0.39, 0.29) is 24.4 Å². The molecular formula is C20H32N4O2. The SMILES string of the molecule is CCNC(=O)[C@@H](C)N(C)CC(=O)N1CCN(Cc2cccc(C)c2)CC1. The number of carbonyl (C=O) groups excluding carboxylic acids is 2. The van der Waals surface area contributed by atoms with Gasteiger partial charge in [0.2, 0.25) is 11.8 Å². The van der Waals surface area contributed by atoms with E-state index >= 15 is 0 Å². The molecule has 0 aromatic heterocycles. The Hall–Kier alpha value is -1.92. The van der Waals surface area contributed by atoms with Crippen LogP contribution < -0.4 is 5.32 Å². The molecule has 1 aromatic carbocycles. The van der Waals surface area contributed by atoms with Gasteiger partial charge >= 0.3 is 0 Å². The lowest BCUT2D eigenvalue weighted by atomic mass is 10.1. The summed E-state index contributed by atoms with van der Waals surface area (Å²) in [4.78, 5) is 30.5. The number of likely N-dealkylation sites (N-methyl/N-ethyl adjacent to an activating group) is 2. The van der Waals surface area contributed by atoms with Crippen LogP contribution in [0.5, 0.6) is 0 Å². The van der Waals surface area contributed by atoms with Crippen LogP contribution >= 0.6 is 0 Å². The van der Waals surface area contributed by atoms with E-state index in [4.69, 9.17) is 0 Å². The van der Waals surface area contributed by atoms with Crippen molar-refractivity contribution in [2.24, 2.45) is 0 Å². The van der Waals surface area contributed by atoms with Crippen molar-refractivity contribution in [3.05, 3.63) is 35.4 Å². The van der Waals surface area contributed by atoms with Gasteiger partial charge in [-0.25, -0.2) is 0 Å². The Morgan fingerprint density at radius 3 is 2.54 bits per heavy atom. The van der Waals surface area contributed by atoms with Crippen LogP contribution in [0.1, 0.15) is 25.0 Å². The molecule has 26 heavy (non-hydrogen) atoms. The minimum atomic E-state index is -0.304. The van der Waals surface area contributed by atoms with Gasteiger partial charge in [0.1, 0.15) is 0 Å². The number of piperazine rings is 1. The van der Waals surface area contributed by atoms with Crippen molar-refractivity contribution in [3.8, 4) is 0 Å². The molecule has 1 aliphatic heterocycles. The zero-order valence-electron chi connectivity index (χ0n) is 16.5. The zero-order valence-corrected chi connectivity index (χ0v) is 16.5. The minimum Gasteiger partial charge on any atom is -0.355 e. The minimum absolute atomic E-state index is 0.0363. The monoisotopic (exact) mass is 360 g/mol. The Balaban J connectivity index is 1.78. The fourth-order valence-corrected chi connectivity index (χ4v) is 3.20. The molecule has 6 nitrogen and oxygen atoms in total. The van der Waals surface area contributed by atoms with Gasteiger partial charge in [0.25, 0.3) is 0 Å². The number of benzene rings is 1. The fraction of sp³-hybridized carbons (Fsp3) is 0.600. The number of hydrogen-bond donors (Lipinski definition) is 1. The Labute approximate surface area is 157 Å². The summed E-state index contributed by atoms with van der Waals surface area (Å²) in [5, 5.41) is 2.80. The highest BCUT2D eigenvalue weighted by Gasteiger charge is 2.25. The first-order valence-electron chi connectivity index (χ1n) is 9.44. The van der Waals surface area contributed by atoms with Crippen molar-refractivity contribution in [1.82, 2.24) is 20.0 Å². The van der Waals surface area contributed by atoms with Crippen molar-refractivity contribution < 1.29 is 9.59 Å². The lowest BCUT2D eigenvalue weighted by Gasteiger charge is -2.36. The summed E-state index contributed by atoms with van der Waals surface area (Å²) >= 11 is 0. The smallest absolute Gasteiger partial charge is 0.237 e. The van der Waals surface area contributed by atoms with Crippen molar-refractivity contribution in [1.29, 1.82) is 0 Å². The van der Waals surface area contributed by atoms with Gasteiger partial charge in [0, 0.05) is 39.3 Å². The Bertz CT molecular complexity index is 612. The number of hydrogen-bond acceptors (Lipinski definition) is 4. The van der Waals surface area contributed by atoms with Crippen molar-refractivity contribution in [2.45, 2.75) is 33.4 Å². The summed E-state index contributed by atoms with van der Waals surface area (Å²) in [5.41, 5.74) is 2.60. The van der Waals surface area contributed by atoms with Crippen molar-refractivity contribution >= 4 is 11.8 Å². The highest BCUT2D eigenvalue weighted by atomic mass is 16.2. The first-order valence-corrected chi connectivity index (χ1v) is 9.44. The number of nitrogens with one attached hydrogen (secondary N) is 1. The van der Waals surface area contributed by atoms with Gasteiger partial charge < -0.3 is 10.2 Å². The van der Waals surface area contributed by atoms with Gasteiger partial charge in [-0.3, -0.25) is 19.4 Å². The van der Waals surface area contributed by atoms with Gasteiger partial charge in [0.15, 0.2) is 0 Å². The van der Waals surface area contributed by atoms with Crippen molar-refractivity contribution in [3.63, 3.8) is 0 Å². The first kappa shape index (κ1) is 20.4. The summed E-state index contributed by atoms with van der Waals surface area (Å²) < 4.78 is 0. The van der Waals surface area contributed by atoms with Crippen LogP contribution in [0.25, 0.3) is 0 Å². The number of carbonyl (C=O) groups is 2. The molecule has 1 aromatic rings. The molecular weight excluding hydrogens is 328 g/mol. The molecule has 1 atom stereocenters. The molecule has 0 spiro atoms. The molecule has 1 N–H and O–H groups in total. The van der Waals surface area contributed by atoms with Gasteiger partial charge in [-0.1, -0.05) is 29.8 Å². The van der Waals surface area contributed by atoms with Crippen molar-refractivity contribution in [2.75, 3.05) is 46.3 Å². The summed E-state index contributed by atoms with van der Waals surface area (Å²) in [5.74, 6) is 0.0598. The van der Waals surface area contributed by atoms with Crippen LogP contribution in [-0.2, 0) is 16.1 Å². The maximum absolute atomic E-state index is 12.5. The van der Waals surface area contributed by atoms with Crippen LogP contribution in [0, 0.1) is 6.92 Å². The number of aryl methyl sites for hydroxylation is 1. The summed E-state index contributed by atoms with van der Waals surface area (Å²) in [7, 11) is 1.83. The fourth-order valence-electron chi connectivity index (χ4n) is 3.20. The normalized spacial score (nSPS) is 16.6. The maximum Gasteiger partial charge on any atom is 0.237 e. The highest BCUT2D eigenvalue weighted by Crippen LogP contribution is 2.11. The number of amides is 2. The zero-order chi connectivity index (χ0) is 19.1. The molecule has 1 fully saturated rings. The third-order valence-corrected chi connectivity index (χ3v) is 4.99. The van der Waals surface area contributed by atoms with E-state index < -0.39 is 0 Å². The van der Waals surface area contributed by atoms with E-state index in [9.17, 15) is 9.59 Å². The molecule has 6 heteroatoms. The van der Waals surface area contributed by atoms with Gasteiger partial charge in [-0.15, -0.1) is 0 Å². The molecule has 1 aliphatic rings. The molecule has 0 unspecified atom stereocenters. The standard InChI is InChI=1S/C20H32N4O2/c1-5-21-20(26)17(3)22(4)15-19(25)24-11-9-23(10-12-24)14-18-8-6-7-16(2)13-18/h6-8,13,17H,5,9-12,14-15H2,1-4H3,(H,21,26)/t17-/m1/s1. The largest absolute Gasteiger partial charge is 0.355 e. The third-order valence-electron chi connectivity index (χ3n) is 4.99. The second-order valence-corrected chi connectivity index (χ2v) is 7.13. The summed E-state index contributed by atoms with van der Waals surface area (Å²) in [6.45, 7) is 10.9. The van der Waals surface area contributed by atoms with Gasteiger partial charge in [0.05, 0.1) is 12.6 Å². The van der Waals surface area contributed by atoms with E-state index in [1.807, 2.05) is 30.7 Å². The highest BCUT2D eigenvalue weighted by molar-refractivity contribution is 5.83. The second kappa shape index (κ2) is 9.69. The maximum atomic E-state index is 12.5. The quantitative estimate of drug-likeness (QED) is 0.791. The average Bonchev–Trinajstić information content (AvgIpc) is 2.61. The molecule has 2 rings (SSSR count). The van der Waals surface area contributed by atoms with Gasteiger partial charge in [-0.05, 0) is 33.4 Å². The van der Waals surface area contributed by atoms with Crippen LogP contribution in [0.15, 0.2) is 24.3 Å². The second-order valence-electron chi connectivity index (χ2n) is 7.13. The Kier molecular flexibility index (Phi) is 7.60. The number of nitrogens with zero attached hydrogens (tertiary/aromatic N) is 3. The molecule has 144 valence electrons. The lowest BCUT2D eigenvalue weighted by molar-refractivity contribution is -0.135. The molecule has 2 amide bonds. The van der Waals surface area contributed by atoms with Crippen LogP contribution in [0.4, 0.5) is 0 Å². The van der Waals surface area contributed by atoms with Crippen LogP contribution in [0.2, 0.25) is 0 Å². The molecule has 0 saturated carbocycles. The molecule has 0 aliphatic carbocycles. The van der Waals surface area contributed by atoms with Crippen LogP contribution in [-0.4, -0.2) is 78.9 Å².